The van der Waals surface area contributed by atoms with Gasteiger partial charge >= 0.3 is 12.0 Å². The maximum Gasteiger partial charge on any atom is 0.326 e. The molecule has 108 valence electrons. The first-order valence-corrected chi connectivity index (χ1v) is 6.26. The fraction of sp³-hybridized carbons (Fsp3) is 0.286. The standard InChI is InChI=1S/C14H14N4O3/c1-2-3-12(13(19)20)18-14(21)17-11-5-4-9(7-15)10(6-11)8-16/h4-6,12H,2-3H2,1H3,(H,19,20)(H2,17,18,21)/t12-/m1/s1. The van der Waals surface area contributed by atoms with Gasteiger partial charge in [-0.2, -0.15) is 10.5 Å². The highest BCUT2D eigenvalue weighted by molar-refractivity contribution is 5.92. The third-order valence-corrected chi connectivity index (χ3v) is 2.70. The molecule has 0 unspecified atom stereocenters. The van der Waals surface area contributed by atoms with Gasteiger partial charge in [0.05, 0.1) is 11.1 Å². The monoisotopic (exact) mass is 286 g/mol. The molecule has 0 aliphatic heterocycles. The zero-order valence-corrected chi connectivity index (χ0v) is 11.4. The zero-order chi connectivity index (χ0) is 15.8. The quantitative estimate of drug-likeness (QED) is 0.760. The van der Waals surface area contributed by atoms with Crippen molar-refractivity contribution in [1.82, 2.24) is 5.32 Å². The van der Waals surface area contributed by atoms with Crippen molar-refractivity contribution in [2.75, 3.05) is 5.32 Å². The largest absolute Gasteiger partial charge is 0.480 e. The van der Waals surface area contributed by atoms with Crippen molar-refractivity contribution in [1.29, 1.82) is 10.5 Å². The number of carboxylic acid groups (broad SMARTS) is 1. The second kappa shape index (κ2) is 7.51. The summed E-state index contributed by atoms with van der Waals surface area (Å²) in [4.78, 5) is 22.7. The van der Waals surface area contributed by atoms with E-state index in [1.807, 2.05) is 19.1 Å². The lowest BCUT2D eigenvalue weighted by molar-refractivity contribution is -0.139. The first kappa shape index (κ1) is 16.0. The van der Waals surface area contributed by atoms with Gasteiger partial charge < -0.3 is 15.7 Å². The molecule has 0 saturated heterocycles. The van der Waals surface area contributed by atoms with Crippen molar-refractivity contribution in [2.24, 2.45) is 0 Å². The van der Waals surface area contributed by atoms with Crippen molar-refractivity contribution < 1.29 is 14.7 Å². The van der Waals surface area contributed by atoms with Crippen LogP contribution in [0.2, 0.25) is 0 Å². The molecule has 0 fully saturated rings. The normalized spacial score (nSPS) is 10.8. The van der Waals surface area contributed by atoms with Gasteiger partial charge in [0.25, 0.3) is 0 Å². The highest BCUT2D eigenvalue weighted by Crippen LogP contribution is 2.14. The second-order valence-electron chi connectivity index (χ2n) is 4.26. The van der Waals surface area contributed by atoms with Gasteiger partial charge in [-0.25, -0.2) is 9.59 Å². The summed E-state index contributed by atoms with van der Waals surface area (Å²) in [6.07, 6.45) is 0.937. The van der Waals surface area contributed by atoms with Gasteiger partial charge in [-0.1, -0.05) is 13.3 Å². The Kier molecular flexibility index (Phi) is 5.72. The van der Waals surface area contributed by atoms with Crippen LogP contribution in [0.5, 0.6) is 0 Å². The molecule has 21 heavy (non-hydrogen) atoms. The Labute approximate surface area is 121 Å². The topological polar surface area (TPSA) is 126 Å². The maximum atomic E-state index is 11.7. The highest BCUT2D eigenvalue weighted by atomic mass is 16.4. The summed E-state index contributed by atoms with van der Waals surface area (Å²) in [5.74, 6) is -1.11. The molecule has 0 aliphatic carbocycles. The molecule has 7 nitrogen and oxygen atoms in total. The lowest BCUT2D eigenvalue weighted by atomic mass is 10.1. The molecular formula is C14H14N4O3. The predicted octanol–water partition coefficient (Wildman–Crippen LogP) is 1.80. The lowest BCUT2D eigenvalue weighted by Gasteiger charge is -2.14. The number of benzene rings is 1. The molecule has 0 aliphatic rings. The van der Waals surface area contributed by atoms with Gasteiger partial charge in [-0.05, 0) is 24.6 Å². The third-order valence-electron chi connectivity index (χ3n) is 2.70. The van der Waals surface area contributed by atoms with Crippen LogP contribution in [0.3, 0.4) is 0 Å². The summed E-state index contributed by atoms with van der Waals surface area (Å²) in [6.45, 7) is 1.81. The minimum absolute atomic E-state index is 0.138. The number of carbonyl (C=O) groups excluding carboxylic acids is 1. The van der Waals surface area contributed by atoms with Gasteiger partial charge in [0.15, 0.2) is 0 Å². The van der Waals surface area contributed by atoms with Crippen LogP contribution in [0.25, 0.3) is 0 Å². The van der Waals surface area contributed by atoms with Crippen LogP contribution in [0, 0.1) is 22.7 Å². The SMILES string of the molecule is CCC[C@@H](NC(=O)Nc1ccc(C#N)c(C#N)c1)C(=O)O. The van der Waals surface area contributed by atoms with E-state index in [1.165, 1.54) is 18.2 Å². The lowest BCUT2D eigenvalue weighted by Crippen LogP contribution is -2.42. The van der Waals surface area contributed by atoms with Crippen LogP contribution < -0.4 is 10.6 Å². The van der Waals surface area contributed by atoms with Crippen LogP contribution in [-0.2, 0) is 4.79 Å². The molecule has 2 amide bonds. The molecule has 1 aromatic rings. The predicted molar refractivity (Wildman–Crippen MR) is 74.4 cm³/mol. The van der Waals surface area contributed by atoms with Crippen molar-refractivity contribution in [3.8, 4) is 12.1 Å². The van der Waals surface area contributed by atoms with E-state index < -0.39 is 18.0 Å². The van der Waals surface area contributed by atoms with E-state index in [2.05, 4.69) is 10.6 Å². The van der Waals surface area contributed by atoms with Gasteiger partial charge in [-0.3, -0.25) is 0 Å². The Balaban J connectivity index is 2.78. The highest BCUT2D eigenvalue weighted by Gasteiger charge is 2.18. The average Bonchev–Trinajstić information content (AvgIpc) is 2.46. The van der Waals surface area contributed by atoms with Crippen LogP contribution >= 0.6 is 0 Å². The summed E-state index contributed by atoms with van der Waals surface area (Å²) >= 11 is 0. The molecule has 0 spiro atoms. The Morgan fingerprint density at radius 3 is 2.48 bits per heavy atom. The second-order valence-corrected chi connectivity index (χ2v) is 4.26. The number of urea groups is 1. The number of carboxylic acids is 1. The maximum absolute atomic E-state index is 11.7. The Morgan fingerprint density at radius 2 is 1.95 bits per heavy atom. The number of hydrogen-bond acceptors (Lipinski definition) is 4. The fourth-order valence-electron chi connectivity index (χ4n) is 1.68. The van der Waals surface area contributed by atoms with E-state index in [0.717, 1.165) is 0 Å². The van der Waals surface area contributed by atoms with Crippen molar-refractivity contribution in [2.45, 2.75) is 25.8 Å². The molecule has 0 aromatic heterocycles. The first-order chi connectivity index (χ1) is 10.0. The van der Waals surface area contributed by atoms with E-state index in [1.54, 1.807) is 0 Å². The molecule has 7 heteroatoms. The molecular weight excluding hydrogens is 272 g/mol. The molecule has 0 radical (unpaired) electrons. The van der Waals surface area contributed by atoms with Crippen molar-refractivity contribution in [3.63, 3.8) is 0 Å². The van der Waals surface area contributed by atoms with Gasteiger partial charge in [0.1, 0.15) is 18.2 Å². The zero-order valence-electron chi connectivity index (χ0n) is 11.4. The molecule has 1 atom stereocenters. The van der Waals surface area contributed by atoms with E-state index in [-0.39, 0.29) is 11.1 Å². The minimum Gasteiger partial charge on any atom is -0.480 e. The summed E-state index contributed by atoms with van der Waals surface area (Å²) in [6, 6.07) is 6.30. The number of rotatable bonds is 5. The van der Waals surface area contributed by atoms with Crippen LogP contribution in [0.1, 0.15) is 30.9 Å². The van der Waals surface area contributed by atoms with E-state index in [4.69, 9.17) is 15.6 Å². The number of amides is 2. The number of nitriles is 2. The number of aliphatic carboxylic acids is 1. The summed E-state index contributed by atoms with van der Waals surface area (Å²) in [5, 5.41) is 31.4. The Bertz CT molecular complexity index is 628. The Morgan fingerprint density at radius 1 is 1.29 bits per heavy atom. The van der Waals surface area contributed by atoms with E-state index >= 15 is 0 Å². The molecule has 3 N–H and O–H groups in total. The number of nitrogens with one attached hydrogen (secondary N) is 2. The number of hydrogen-bond donors (Lipinski definition) is 3. The average molecular weight is 286 g/mol. The molecule has 0 bridgehead atoms. The minimum atomic E-state index is -1.11. The van der Waals surface area contributed by atoms with Crippen molar-refractivity contribution in [3.05, 3.63) is 29.3 Å². The van der Waals surface area contributed by atoms with Gasteiger partial charge in [0, 0.05) is 5.69 Å². The number of anilines is 1. The molecule has 1 aromatic carbocycles. The molecule has 1 rings (SSSR count). The summed E-state index contributed by atoms with van der Waals surface area (Å²) in [5.41, 5.74) is 0.653. The molecule has 0 saturated carbocycles. The van der Waals surface area contributed by atoms with Gasteiger partial charge in [0.2, 0.25) is 0 Å². The smallest absolute Gasteiger partial charge is 0.326 e. The molecule has 0 heterocycles. The number of nitrogens with zero attached hydrogens (tertiary/aromatic N) is 2. The van der Waals surface area contributed by atoms with Crippen LogP contribution in [0.4, 0.5) is 10.5 Å². The first-order valence-electron chi connectivity index (χ1n) is 6.26. The van der Waals surface area contributed by atoms with E-state index in [0.29, 0.717) is 18.5 Å². The van der Waals surface area contributed by atoms with Crippen LogP contribution in [-0.4, -0.2) is 23.1 Å². The van der Waals surface area contributed by atoms with Crippen molar-refractivity contribution >= 4 is 17.7 Å². The van der Waals surface area contributed by atoms with E-state index in [9.17, 15) is 9.59 Å². The Hall–Kier alpha value is -3.06. The summed E-state index contributed by atoms with van der Waals surface area (Å²) in [7, 11) is 0. The third kappa shape index (κ3) is 4.51. The van der Waals surface area contributed by atoms with Gasteiger partial charge in [-0.15, -0.1) is 0 Å². The number of carbonyl (C=O) groups is 2. The fourth-order valence-corrected chi connectivity index (χ4v) is 1.68. The van der Waals surface area contributed by atoms with Crippen LogP contribution in [0.15, 0.2) is 18.2 Å². The summed E-state index contributed by atoms with van der Waals surface area (Å²) < 4.78 is 0.